The van der Waals surface area contributed by atoms with Gasteiger partial charge in [-0.25, -0.2) is 0 Å². The minimum Gasteiger partial charge on any atom is -0.508 e. The maximum Gasteiger partial charge on any atom is 0.362 e. The van der Waals surface area contributed by atoms with E-state index in [1.807, 2.05) is 97.0 Å². The Kier molecular flexibility index (Phi) is 13.1. The van der Waals surface area contributed by atoms with Gasteiger partial charge in [0.2, 0.25) is 0 Å². The smallest absolute Gasteiger partial charge is 0.362 e. The number of ketones is 1. The van der Waals surface area contributed by atoms with Crippen LogP contribution in [0.1, 0.15) is 99.4 Å². The van der Waals surface area contributed by atoms with Crippen molar-refractivity contribution in [1.82, 2.24) is 0 Å². The standard InChI is InChI=1S/C41H44O5.C10H6N2O4S/c1-22-8-10-37(42)31(12-22)20-35-27(6)29(16-25(4)39(35)44)18-33-14-24(3)15-34(41(33)46)19-30-17-26(5)40(45)36(28(30)7)21-32-13-23(2)9-11-38(32)43;11-12-8-5-4-6-7(10(8)13)2-1-3-9(6)17(14,15)16/h8-17,42-46H,18-21H2,1-7H3;1-5H,(H,14,15,16). The SMILES string of the molecule is Cc1ccc(O)c(Cc2c(C)c(Cc3cc(C)cc(Cc4cc(C)c(O)c(Cc5cc(C)ccc5O)c4C)c3O)cc(C)c2O)c1.[N-]=[N+]=C1C=Cc2c(cccc2S(=O)(=O)O)C1=O. The van der Waals surface area contributed by atoms with E-state index in [2.05, 4.69) is 4.79 Å². The lowest BCUT2D eigenvalue weighted by molar-refractivity contribution is -0.00436. The van der Waals surface area contributed by atoms with Crippen LogP contribution in [0.25, 0.3) is 11.6 Å². The van der Waals surface area contributed by atoms with Crippen LogP contribution >= 0.6 is 0 Å². The van der Waals surface area contributed by atoms with Crippen LogP contribution < -0.4 is 0 Å². The van der Waals surface area contributed by atoms with Crippen LogP contribution in [0.15, 0.2) is 89.8 Å². The van der Waals surface area contributed by atoms with Crippen molar-refractivity contribution in [3.8, 4) is 28.7 Å². The summed E-state index contributed by atoms with van der Waals surface area (Å²) >= 11 is 0. The lowest BCUT2D eigenvalue weighted by atomic mass is 9.87. The summed E-state index contributed by atoms with van der Waals surface area (Å²) in [6, 6.07) is 22.9. The number of hydrogen-bond acceptors (Lipinski definition) is 8. The fourth-order valence-electron chi connectivity index (χ4n) is 8.19. The molecular weight excluding hydrogens is 817 g/mol. The minimum absolute atomic E-state index is 0.0652. The summed E-state index contributed by atoms with van der Waals surface area (Å²) in [4.78, 5) is 14.1. The molecule has 0 amide bonds. The molecule has 324 valence electrons. The highest BCUT2D eigenvalue weighted by Crippen LogP contribution is 2.38. The van der Waals surface area contributed by atoms with Gasteiger partial charge in [-0.2, -0.15) is 13.2 Å². The first-order valence-electron chi connectivity index (χ1n) is 20.2. The number of Topliss-reactive ketones (excluding diaryl/α,β-unsaturated/α-hetero) is 1. The highest BCUT2D eigenvalue weighted by atomic mass is 32.2. The van der Waals surface area contributed by atoms with Gasteiger partial charge in [-0.15, -0.1) is 0 Å². The average molecular weight is 867 g/mol. The topological polar surface area (TPSA) is 209 Å². The zero-order valence-corrected chi connectivity index (χ0v) is 37.0. The Morgan fingerprint density at radius 1 is 0.540 bits per heavy atom. The lowest BCUT2D eigenvalue weighted by Crippen LogP contribution is -2.19. The molecule has 0 atom stereocenters. The van der Waals surface area contributed by atoms with Crippen LogP contribution in [0, 0.1) is 48.5 Å². The van der Waals surface area contributed by atoms with Crippen LogP contribution in [0.5, 0.6) is 28.7 Å². The van der Waals surface area contributed by atoms with Crippen LogP contribution in [0.3, 0.4) is 0 Å². The van der Waals surface area contributed by atoms with Gasteiger partial charge in [0, 0.05) is 54.0 Å². The zero-order chi connectivity index (χ0) is 46.1. The number of aryl methyl sites for hydroxylation is 5. The molecular formula is C51H50N2O9S. The Morgan fingerprint density at radius 2 is 1.00 bits per heavy atom. The summed E-state index contributed by atoms with van der Waals surface area (Å²) in [5.41, 5.74) is 21.6. The van der Waals surface area contributed by atoms with Crippen LogP contribution in [-0.4, -0.2) is 54.8 Å². The van der Waals surface area contributed by atoms with Crippen molar-refractivity contribution >= 4 is 27.7 Å². The second-order valence-corrected chi connectivity index (χ2v) is 17.7. The fraction of sp³-hybridized carbons (Fsp3) is 0.216. The predicted molar refractivity (Wildman–Crippen MR) is 243 cm³/mol. The molecule has 0 bridgehead atoms. The van der Waals surface area contributed by atoms with Crippen molar-refractivity contribution in [2.45, 2.75) is 79.0 Å². The molecule has 6 N–H and O–H groups in total. The van der Waals surface area contributed by atoms with E-state index in [1.165, 1.54) is 30.4 Å². The first-order chi connectivity index (χ1) is 29.7. The molecule has 0 unspecified atom stereocenters. The van der Waals surface area contributed by atoms with E-state index in [4.69, 9.17) is 10.1 Å². The van der Waals surface area contributed by atoms with E-state index >= 15 is 0 Å². The molecule has 6 aromatic rings. The second-order valence-electron chi connectivity index (χ2n) is 16.4. The number of allylic oxidation sites excluding steroid dienone is 1. The van der Waals surface area contributed by atoms with E-state index < -0.39 is 15.9 Å². The third-order valence-corrected chi connectivity index (χ3v) is 12.6. The molecule has 0 saturated carbocycles. The van der Waals surface area contributed by atoms with Gasteiger partial charge >= 0.3 is 5.71 Å². The van der Waals surface area contributed by atoms with Gasteiger partial charge in [-0.3, -0.25) is 9.35 Å². The average Bonchev–Trinajstić information content (AvgIpc) is 3.23. The Balaban J connectivity index is 0.000000324. The highest BCUT2D eigenvalue weighted by Gasteiger charge is 2.29. The molecule has 11 nitrogen and oxygen atoms in total. The van der Waals surface area contributed by atoms with Gasteiger partial charge in [-0.05, 0) is 128 Å². The summed E-state index contributed by atoms with van der Waals surface area (Å²) in [6.45, 7) is 13.7. The molecule has 1 aliphatic carbocycles. The number of benzene rings is 6. The van der Waals surface area contributed by atoms with Gasteiger partial charge < -0.3 is 31.1 Å². The second kappa shape index (κ2) is 18.2. The minimum atomic E-state index is -4.40. The number of carbonyl (C=O) groups excluding carboxylic acids is 1. The van der Waals surface area contributed by atoms with Crippen molar-refractivity contribution in [2.24, 2.45) is 0 Å². The van der Waals surface area contributed by atoms with Crippen LogP contribution in [-0.2, 0) is 35.8 Å². The Hall–Kier alpha value is -6.98. The predicted octanol–water partition coefficient (Wildman–Crippen LogP) is 9.55. The molecule has 63 heavy (non-hydrogen) atoms. The lowest BCUT2D eigenvalue weighted by Gasteiger charge is -2.20. The summed E-state index contributed by atoms with van der Waals surface area (Å²) in [6.07, 6.45) is 4.23. The summed E-state index contributed by atoms with van der Waals surface area (Å²) < 4.78 is 31.2. The van der Waals surface area contributed by atoms with Gasteiger partial charge in [-0.1, -0.05) is 77.4 Å². The number of hydrogen-bond donors (Lipinski definition) is 6. The fourth-order valence-corrected chi connectivity index (χ4v) is 8.90. The zero-order valence-electron chi connectivity index (χ0n) is 36.2. The quantitative estimate of drug-likeness (QED) is 0.0464. The number of phenolic OH excluding ortho intramolecular Hbond substituents is 5. The number of fused-ring (bicyclic) bond motifs is 1. The third kappa shape index (κ3) is 9.74. The molecule has 0 spiro atoms. The molecule has 0 aliphatic heterocycles. The van der Waals surface area contributed by atoms with Gasteiger partial charge in [0.25, 0.3) is 15.9 Å². The Labute approximate surface area is 367 Å². The summed E-state index contributed by atoms with van der Waals surface area (Å²) in [5, 5.41) is 54.7. The normalized spacial score (nSPS) is 12.1. The van der Waals surface area contributed by atoms with Gasteiger partial charge in [0.15, 0.2) is 0 Å². The molecule has 7 rings (SSSR count). The van der Waals surface area contributed by atoms with Crippen molar-refractivity contribution < 1.29 is 48.1 Å². The number of rotatable bonds is 9. The molecule has 12 heteroatoms. The maximum absolute atomic E-state index is 11.7. The number of phenols is 5. The van der Waals surface area contributed by atoms with Crippen molar-refractivity contribution in [3.05, 3.63) is 185 Å². The van der Waals surface area contributed by atoms with E-state index in [0.29, 0.717) is 25.7 Å². The molecule has 1 aliphatic rings. The summed E-state index contributed by atoms with van der Waals surface area (Å²) in [5.74, 6) is 0.486. The van der Waals surface area contributed by atoms with Crippen molar-refractivity contribution in [1.29, 1.82) is 0 Å². The number of aromatic hydroxyl groups is 5. The van der Waals surface area contributed by atoms with Crippen molar-refractivity contribution in [3.63, 3.8) is 0 Å². The first kappa shape index (κ1) is 45.5. The monoisotopic (exact) mass is 866 g/mol. The Morgan fingerprint density at radius 3 is 1.44 bits per heavy atom. The largest absolute Gasteiger partial charge is 0.508 e. The molecule has 0 aromatic heterocycles. The molecule has 6 aromatic carbocycles. The molecule has 0 radical (unpaired) electrons. The number of nitrogens with zero attached hydrogens (tertiary/aromatic N) is 2. The van der Waals surface area contributed by atoms with Gasteiger partial charge in [0.05, 0.1) is 0 Å². The molecule has 0 saturated heterocycles. The Bertz CT molecular complexity index is 2900. The highest BCUT2D eigenvalue weighted by molar-refractivity contribution is 7.86. The van der Waals surface area contributed by atoms with E-state index in [1.54, 1.807) is 12.1 Å². The molecule has 0 heterocycles. The summed E-state index contributed by atoms with van der Waals surface area (Å²) in [7, 11) is -4.40. The van der Waals surface area contributed by atoms with E-state index in [-0.39, 0.29) is 50.5 Å². The van der Waals surface area contributed by atoms with Crippen molar-refractivity contribution in [2.75, 3.05) is 0 Å². The third-order valence-electron chi connectivity index (χ3n) is 11.7. The van der Waals surface area contributed by atoms with Crippen LogP contribution in [0.2, 0.25) is 0 Å². The number of carbonyl (C=O) groups is 1. The first-order valence-corrected chi connectivity index (χ1v) is 21.7. The van der Waals surface area contributed by atoms with E-state index in [0.717, 1.165) is 83.5 Å². The van der Waals surface area contributed by atoms with E-state index in [9.17, 15) is 38.7 Å². The maximum atomic E-state index is 11.7. The van der Waals surface area contributed by atoms with Gasteiger partial charge in [0.1, 0.15) is 33.6 Å². The molecule has 0 fully saturated rings. The van der Waals surface area contributed by atoms with Crippen LogP contribution in [0.4, 0.5) is 0 Å².